The Labute approximate surface area is 134 Å². The Hall–Kier alpha value is -2.06. The summed E-state index contributed by atoms with van der Waals surface area (Å²) in [5, 5.41) is 12.7. The third-order valence-electron chi connectivity index (χ3n) is 4.07. The van der Waals surface area contributed by atoms with E-state index in [-0.39, 0.29) is 12.3 Å². The van der Waals surface area contributed by atoms with Crippen molar-refractivity contribution in [3.63, 3.8) is 0 Å². The highest BCUT2D eigenvalue weighted by molar-refractivity contribution is 6.30. The summed E-state index contributed by atoms with van der Waals surface area (Å²) in [4.78, 5) is 23.8. The van der Waals surface area contributed by atoms with Crippen molar-refractivity contribution in [2.45, 2.75) is 38.1 Å². The Morgan fingerprint density at radius 3 is 2.64 bits per heavy atom. The van der Waals surface area contributed by atoms with Gasteiger partial charge in [0.25, 0.3) is 0 Å². The van der Waals surface area contributed by atoms with Gasteiger partial charge in [0.2, 0.25) is 11.8 Å². The van der Waals surface area contributed by atoms with Gasteiger partial charge < -0.3 is 11.1 Å². The molecule has 0 spiro atoms. The second-order valence-corrected chi connectivity index (χ2v) is 6.09. The van der Waals surface area contributed by atoms with E-state index in [2.05, 4.69) is 11.4 Å². The molecule has 0 radical (unpaired) electrons. The molecule has 0 aliphatic heterocycles. The summed E-state index contributed by atoms with van der Waals surface area (Å²) in [6, 6.07) is 8.48. The summed E-state index contributed by atoms with van der Waals surface area (Å²) in [5.41, 5.74) is 4.98. The van der Waals surface area contributed by atoms with E-state index in [1.165, 1.54) is 0 Å². The number of nitrogens with zero attached hydrogens (tertiary/aromatic N) is 1. The zero-order valence-corrected chi connectivity index (χ0v) is 12.9. The summed E-state index contributed by atoms with van der Waals surface area (Å²) in [5.74, 6) is -0.860. The zero-order chi connectivity index (χ0) is 16.2. The average molecular weight is 320 g/mol. The minimum atomic E-state index is -0.992. The van der Waals surface area contributed by atoms with E-state index in [0.717, 1.165) is 12.8 Å². The number of primary amides is 1. The normalized spacial score (nSPS) is 17.5. The van der Waals surface area contributed by atoms with Crippen molar-refractivity contribution in [1.82, 2.24) is 5.32 Å². The molecule has 1 aromatic carbocycles. The molecule has 1 aromatic rings. The fourth-order valence-corrected chi connectivity index (χ4v) is 3.04. The van der Waals surface area contributed by atoms with Gasteiger partial charge in [-0.25, -0.2) is 0 Å². The van der Waals surface area contributed by atoms with Crippen LogP contribution in [0.3, 0.4) is 0 Å². The van der Waals surface area contributed by atoms with Crippen LogP contribution >= 0.6 is 11.6 Å². The van der Waals surface area contributed by atoms with E-state index < -0.39 is 17.4 Å². The zero-order valence-electron chi connectivity index (χ0n) is 12.1. The van der Waals surface area contributed by atoms with E-state index >= 15 is 0 Å². The molecule has 1 fully saturated rings. The van der Waals surface area contributed by atoms with E-state index in [1.54, 1.807) is 24.3 Å². The molecular weight excluding hydrogens is 302 g/mol. The Morgan fingerprint density at radius 1 is 1.41 bits per heavy atom. The quantitative estimate of drug-likeness (QED) is 0.872. The fraction of sp³-hybridized carbons (Fsp3) is 0.438. The fourth-order valence-electron chi connectivity index (χ4n) is 2.84. The highest BCUT2D eigenvalue weighted by Gasteiger charge is 2.42. The van der Waals surface area contributed by atoms with Crippen LogP contribution in [-0.2, 0) is 9.59 Å². The Kier molecular flexibility index (Phi) is 5.04. The van der Waals surface area contributed by atoms with Crippen molar-refractivity contribution >= 4 is 23.4 Å². The standard InChI is InChI=1S/C16H18ClN3O2/c17-12-5-3-4-11(8-12)13(9-14(19)21)20-15(22)16(10-18)6-1-2-7-16/h3-5,8,13H,1-2,6-7,9H2,(H2,19,21)(H,20,22)/t13-/m1/s1. The van der Waals surface area contributed by atoms with Gasteiger partial charge in [-0.2, -0.15) is 5.26 Å². The van der Waals surface area contributed by atoms with Crippen LogP contribution in [0.1, 0.15) is 43.7 Å². The molecule has 3 N–H and O–H groups in total. The number of amides is 2. The van der Waals surface area contributed by atoms with Crippen molar-refractivity contribution in [1.29, 1.82) is 5.26 Å². The molecule has 5 nitrogen and oxygen atoms in total. The molecule has 2 rings (SSSR count). The highest BCUT2D eigenvalue weighted by Crippen LogP contribution is 2.38. The molecule has 1 saturated carbocycles. The van der Waals surface area contributed by atoms with E-state index in [0.29, 0.717) is 23.4 Å². The summed E-state index contributed by atoms with van der Waals surface area (Å²) >= 11 is 5.96. The van der Waals surface area contributed by atoms with Crippen LogP contribution in [-0.4, -0.2) is 11.8 Å². The number of benzene rings is 1. The molecular formula is C16H18ClN3O2. The minimum Gasteiger partial charge on any atom is -0.370 e. The molecule has 116 valence electrons. The molecule has 22 heavy (non-hydrogen) atoms. The average Bonchev–Trinajstić information content (AvgIpc) is 2.96. The number of rotatable bonds is 5. The molecule has 0 bridgehead atoms. The van der Waals surface area contributed by atoms with Crippen LogP contribution < -0.4 is 11.1 Å². The molecule has 1 aliphatic rings. The lowest BCUT2D eigenvalue weighted by atomic mass is 9.86. The van der Waals surface area contributed by atoms with Crippen LogP contribution in [0.25, 0.3) is 0 Å². The summed E-state index contributed by atoms with van der Waals surface area (Å²) in [6.45, 7) is 0. The number of nitriles is 1. The number of nitrogens with one attached hydrogen (secondary N) is 1. The number of nitrogens with two attached hydrogens (primary N) is 1. The highest BCUT2D eigenvalue weighted by atomic mass is 35.5. The van der Waals surface area contributed by atoms with Crippen molar-refractivity contribution in [2.24, 2.45) is 11.1 Å². The lowest BCUT2D eigenvalue weighted by Gasteiger charge is -2.24. The van der Waals surface area contributed by atoms with E-state index in [1.807, 2.05) is 0 Å². The lowest BCUT2D eigenvalue weighted by Crippen LogP contribution is -2.41. The number of hydrogen-bond acceptors (Lipinski definition) is 3. The van der Waals surface area contributed by atoms with Gasteiger partial charge in [0.1, 0.15) is 5.41 Å². The van der Waals surface area contributed by atoms with Crippen LogP contribution in [0.4, 0.5) is 0 Å². The van der Waals surface area contributed by atoms with Crippen molar-refractivity contribution in [3.8, 4) is 6.07 Å². The molecule has 1 aliphatic carbocycles. The first kappa shape index (κ1) is 16.3. The Bertz CT molecular complexity index is 618. The predicted octanol–water partition coefficient (Wildman–Crippen LogP) is 2.46. The predicted molar refractivity (Wildman–Crippen MR) is 82.7 cm³/mol. The van der Waals surface area contributed by atoms with E-state index in [9.17, 15) is 14.9 Å². The second-order valence-electron chi connectivity index (χ2n) is 5.65. The largest absolute Gasteiger partial charge is 0.370 e. The summed E-state index contributed by atoms with van der Waals surface area (Å²) in [6.07, 6.45) is 2.78. The van der Waals surface area contributed by atoms with Gasteiger partial charge in [0.05, 0.1) is 18.5 Å². The number of halogens is 1. The number of carbonyl (C=O) groups excluding carboxylic acids is 2. The van der Waals surface area contributed by atoms with Crippen molar-refractivity contribution < 1.29 is 9.59 Å². The van der Waals surface area contributed by atoms with Crippen molar-refractivity contribution in [3.05, 3.63) is 34.9 Å². The third kappa shape index (κ3) is 3.58. The molecule has 0 saturated heterocycles. The molecule has 0 aromatic heterocycles. The molecule has 2 amide bonds. The van der Waals surface area contributed by atoms with Gasteiger partial charge in [-0.15, -0.1) is 0 Å². The number of carbonyl (C=O) groups is 2. The summed E-state index contributed by atoms with van der Waals surface area (Å²) < 4.78 is 0. The van der Waals surface area contributed by atoms with Gasteiger partial charge in [-0.05, 0) is 30.5 Å². The molecule has 0 unspecified atom stereocenters. The first-order valence-electron chi connectivity index (χ1n) is 7.23. The third-order valence-corrected chi connectivity index (χ3v) is 4.30. The molecule has 0 heterocycles. The van der Waals surface area contributed by atoms with E-state index in [4.69, 9.17) is 17.3 Å². The monoisotopic (exact) mass is 319 g/mol. The first-order chi connectivity index (χ1) is 10.5. The van der Waals surface area contributed by atoms with Crippen LogP contribution in [0.15, 0.2) is 24.3 Å². The van der Waals surface area contributed by atoms with Gasteiger partial charge in [-0.3, -0.25) is 9.59 Å². The summed E-state index contributed by atoms with van der Waals surface area (Å²) in [7, 11) is 0. The Balaban J connectivity index is 2.22. The van der Waals surface area contributed by atoms with Gasteiger partial charge in [0.15, 0.2) is 0 Å². The second kappa shape index (κ2) is 6.80. The lowest BCUT2D eigenvalue weighted by molar-refractivity contribution is -0.129. The topological polar surface area (TPSA) is 96.0 Å². The SMILES string of the molecule is N#CC1(C(=O)N[C@H](CC(N)=O)c2cccc(Cl)c2)CCCC1. The van der Waals surface area contributed by atoms with Gasteiger partial charge in [-0.1, -0.05) is 36.6 Å². The number of hydrogen-bond donors (Lipinski definition) is 2. The van der Waals surface area contributed by atoms with Gasteiger partial charge >= 0.3 is 0 Å². The maximum absolute atomic E-state index is 12.5. The maximum atomic E-state index is 12.5. The first-order valence-corrected chi connectivity index (χ1v) is 7.61. The van der Waals surface area contributed by atoms with Crippen LogP contribution in [0.5, 0.6) is 0 Å². The van der Waals surface area contributed by atoms with Crippen LogP contribution in [0.2, 0.25) is 5.02 Å². The maximum Gasteiger partial charge on any atom is 0.240 e. The Morgan fingerprint density at radius 2 is 2.09 bits per heavy atom. The smallest absolute Gasteiger partial charge is 0.240 e. The molecule has 1 atom stereocenters. The molecule has 6 heteroatoms. The van der Waals surface area contributed by atoms with Crippen molar-refractivity contribution in [2.75, 3.05) is 0 Å². The minimum absolute atomic E-state index is 0.0341. The van der Waals surface area contributed by atoms with Gasteiger partial charge in [0, 0.05) is 5.02 Å². The van der Waals surface area contributed by atoms with Crippen LogP contribution in [0, 0.1) is 16.7 Å².